The van der Waals surface area contributed by atoms with Gasteiger partial charge >= 0.3 is 11.7 Å². The monoisotopic (exact) mass is 270 g/mol. The molecule has 8 heteroatoms. The number of hydrogen-bond acceptors (Lipinski definition) is 6. The molecular weight excluding hydrogens is 252 g/mol. The zero-order valence-corrected chi connectivity index (χ0v) is 11.7. The average molecular weight is 270 g/mol. The van der Waals surface area contributed by atoms with Gasteiger partial charge in [0.1, 0.15) is 12.2 Å². The lowest BCUT2D eigenvalue weighted by Crippen LogP contribution is -2.37. The molecule has 0 saturated carbocycles. The van der Waals surface area contributed by atoms with Crippen LogP contribution in [0.4, 0.5) is 11.5 Å². The maximum atomic E-state index is 11.4. The van der Waals surface area contributed by atoms with Gasteiger partial charge in [-0.2, -0.15) is 5.10 Å². The van der Waals surface area contributed by atoms with Crippen LogP contribution < -0.4 is 4.90 Å². The van der Waals surface area contributed by atoms with Gasteiger partial charge in [0.05, 0.1) is 12.0 Å². The largest absolute Gasteiger partial charge is 0.468 e. The third kappa shape index (κ3) is 3.01. The van der Waals surface area contributed by atoms with Crippen LogP contribution in [-0.4, -0.2) is 40.4 Å². The summed E-state index contributed by atoms with van der Waals surface area (Å²) in [4.78, 5) is 23.7. The molecule has 1 aromatic heterocycles. The lowest BCUT2D eigenvalue weighted by atomic mass is 10.2. The van der Waals surface area contributed by atoms with E-state index in [0.29, 0.717) is 11.5 Å². The smallest absolute Gasteiger partial charge is 0.333 e. The molecule has 0 bridgehead atoms. The lowest BCUT2D eigenvalue weighted by molar-refractivity contribution is -0.384. The van der Waals surface area contributed by atoms with E-state index in [-0.39, 0.29) is 18.3 Å². The zero-order chi connectivity index (χ0) is 14.7. The molecule has 1 rings (SSSR count). The molecule has 0 aliphatic rings. The lowest BCUT2D eigenvalue weighted by Gasteiger charge is -2.26. The predicted octanol–water partition coefficient (Wildman–Crippen LogP) is 1.02. The second-order valence-electron chi connectivity index (χ2n) is 4.44. The Hall–Kier alpha value is -2.12. The van der Waals surface area contributed by atoms with Gasteiger partial charge in [-0.25, -0.2) is 4.68 Å². The van der Waals surface area contributed by atoms with Crippen molar-refractivity contribution in [3.63, 3.8) is 0 Å². The Morgan fingerprint density at radius 2 is 2.16 bits per heavy atom. The Labute approximate surface area is 111 Å². The number of nitro groups is 1. The number of esters is 1. The molecule has 0 N–H and O–H groups in total. The molecule has 0 aliphatic carbocycles. The van der Waals surface area contributed by atoms with Crippen LogP contribution in [0, 0.1) is 17.0 Å². The minimum atomic E-state index is -0.482. The van der Waals surface area contributed by atoms with Crippen LogP contribution in [0.3, 0.4) is 0 Å². The Kier molecular flexibility index (Phi) is 4.47. The molecule has 0 aromatic carbocycles. The zero-order valence-electron chi connectivity index (χ0n) is 11.7. The molecule has 0 aliphatic heterocycles. The first kappa shape index (κ1) is 14.9. The van der Waals surface area contributed by atoms with Crippen molar-refractivity contribution in [1.29, 1.82) is 0 Å². The van der Waals surface area contributed by atoms with E-state index < -0.39 is 10.9 Å². The van der Waals surface area contributed by atoms with Crippen molar-refractivity contribution in [3.8, 4) is 0 Å². The summed E-state index contributed by atoms with van der Waals surface area (Å²) < 4.78 is 6.03. The first-order valence-electron chi connectivity index (χ1n) is 5.81. The summed E-state index contributed by atoms with van der Waals surface area (Å²) >= 11 is 0. The minimum Gasteiger partial charge on any atom is -0.468 e. The molecule has 0 unspecified atom stereocenters. The van der Waals surface area contributed by atoms with E-state index in [1.807, 2.05) is 13.8 Å². The van der Waals surface area contributed by atoms with Crippen molar-refractivity contribution in [2.24, 2.45) is 7.05 Å². The highest BCUT2D eigenvalue weighted by Gasteiger charge is 2.30. The van der Waals surface area contributed by atoms with Crippen LogP contribution >= 0.6 is 0 Å². The van der Waals surface area contributed by atoms with Gasteiger partial charge in [0.25, 0.3) is 0 Å². The second-order valence-corrected chi connectivity index (χ2v) is 4.44. The molecular formula is C11H18N4O4. The standard InChI is InChI=1S/C11H18N4O4/c1-7(2)14(6-9(16)19-5)11-10(15(17)18)8(3)12-13(11)4/h7H,6H2,1-5H3. The van der Waals surface area contributed by atoms with E-state index in [0.717, 1.165) is 0 Å². The van der Waals surface area contributed by atoms with Crippen molar-refractivity contribution < 1.29 is 14.5 Å². The number of aryl methyl sites for hydroxylation is 2. The minimum absolute atomic E-state index is 0.0615. The van der Waals surface area contributed by atoms with Gasteiger partial charge < -0.3 is 9.64 Å². The molecule has 0 spiro atoms. The fourth-order valence-electron chi connectivity index (χ4n) is 1.88. The van der Waals surface area contributed by atoms with E-state index >= 15 is 0 Å². The number of carbonyl (C=O) groups is 1. The van der Waals surface area contributed by atoms with Crippen LogP contribution in [0.25, 0.3) is 0 Å². The number of carbonyl (C=O) groups excluding carboxylic acids is 1. The molecule has 0 saturated heterocycles. The van der Waals surface area contributed by atoms with Crippen LogP contribution in [0.1, 0.15) is 19.5 Å². The molecule has 19 heavy (non-hydrogen) atoms. The van der Waals surface area contributed by atoms with Gasteiger partial charge in [-0.1, -0.05) is 0 Å². The van der Waals surface area contributed by atoms with Crippen molar-refractivity contribution in [2.45, 2.75) is 26.8 Å². The second kappa shape index (κ2) is 5.68. The summed E-state index contributed by atoms with van der Waals surface area (Å²) in [6.45, 7) is 5.19. The van der Waals surface area contributed by atoms with Crippen LogP contribution in [0.5, 0.6) is 0 Å². The van der Waals surface area contributed by atoms with Gasteiger partial charge in [0.15, 0.2) is 0 Å². The third-order valence-corrected chi connectivity index (χ3v) is 2.77. The fraction of sp³-hybridized carbons (Fsp3) is 0.636. The summed E-state index contributed by atoms with van der Waals surface area (Å²) in [6.07, 6.45) is 0. The molecule has 0 atom stereocenters. The highest BCUT2D eigenvalue weighted by atomic mass is 16.6. The third-order valence-electron chi connectivity index (χ3n) is 2.77. The quantitative estimate of drug-likeness (QED) is 0.451. The van der Waals surface area contributed by atoms with E-state index in [9.17, 15) is 14.9 Å². The van der Waals surface area contributed by atoms with Crippen molar-refractivity contribution in [1.82, 2.24) is 9.78 Å². The van der Waals surface area contributed by atoms with Crippen LogP contribution in [0.2, 0.25) is 0 Å². The number of nitrogens with zero attached hydrogens (tertiary/aromatic N) is 4. The van der Waals surface area contributed by atoms with Gasteiger partial charge in [0.2, 0.25) is 5.82 Å². The topological polar surface area (TPSA) is 90.5 Å². The molecule has 1 heterocycles. The summed E-state index contributed by atoms with van der Waals surface area (Å²) in [5.41, 5.74) is 0.234. The highest BCUT2D eigenvalue weighted by Crippen LogP contribution is 2.31. The number of ether oxygens (including phenoxy) is 1. The highest BCUT2D eigenvalue weighted by molar-refractivity contribution is 5.77. The summed E-state index contributed by atoms with van der Waals surface area (Å²) in [5.74, 6) is -0.148. The Bertz CT molecular complexity index is 495. The van der Waals surface area contributed by atoms with Gasteiger partial charge in [-0.15, -0.1) is 0 Å². The molecule has 8 nitrogen and oxygen atoms in total. The first-order valence-corrected chi connectivity index (χ1v) is 5.81. The van der Waals surface area contributed by atoms with Gasteiger partial charge in [-0.3, -0.25) is 14.9 Å². The van der Waals surface area contributed by atoms with Crippen LogP contribution in [0.15, 0.2) is 0 Å². The molecule has 0 radical (unpaired) electrons. The maximum absolute atomic E-state index is 11.4. The van der Waals surface area contributed by atoms with Crippen molar-refractivity contribution in [3.05, 3.63) is 15.8 Å². The Morgan fingerprint density at radius 1 is 1.58 bits per heavy atom. The molecule has 106 valence electrons. The summed E-state index contributed by atoms with van der Waals surface area (Å²) in [7, 11) is 2.89. The SMILES string of the molecule is COC(=O)CN(c1c([N+](=O)[O-])c(C)nn1C)C(C)C. The van der Waals surface area contributed by atoms with E-state index in [1.54, 1.807) is 18.9 Å². The van der Waals surface area contributed by atoms with Gasteiger partial charge in [-0.05, 0) is 20.8 Å². The maximum Gasteiger partial charge on any atom is 0.333 e. The summed E-state index contributed by atoms with van der Waals surface area (Å²) in [5, 5.41) is 15.2. The predicted molar refractivity (Wildman–Crippen MR) is 69.1 cm³/mol. The van der Waals surface area contributed by atoms with Crippen molar-refractivity contribution >= 4 is 17.5 Å². The number of rotatable bonds is 5. The van der Waals surface area contributed by atoms with Crippen molar-refractivity contribution in [2.75, 3.05) is 18.6 Å². The number of hydrogen-bond donors (Lipinski definition) is 0. The molecule has 1 aromatic rings. The first-order chi connectivity index (χ1) is 8.79. The average Bonchev–Trinajstić information content (AvgIpc) is 2.60. The normalized spacial score (nSPS) is 10.6. The van der Waals surface area contributed by atoms with Crippen LogP contribution in [-0.2, 0) is 16.6 Å². The van der Waals surface area contributed by atoms with Gasteiger partial charge in [0, 0.05) is 13.1 Å². The van der Waals surface area contributed by atoms with E-state index in [2.05, 4.69) is 9.84 Å². The van der Waals surface area contributed by atoms with E-state index in [1.165, 1.54) is 11.8 Å². The Balaban J connectivity index is 3.30. The Morgan fingerprint density at radius 3 is 2.58 bits per heavy atom. The number of aromatic nitrogens is 2. The number of methoxy groups -OCH3 is 1. The van der Waals surface area contributed by atoms with E-state index in [4.69, 9.17) is 0 Å². The molecule has 0 amide bonds. The molecule has 0 fully saturated rings. The number of anilines is 1. The fourth-order valence-corrected chi connectivity index (χ4v) is 1.88. The summed E-state index contributed by atoms with van der Waals surface area (Å²) in [6, 6.07) is -0.104.